The molecule has 2 aromatic carbocycles. The van der Waals surface area contributed by atoms with Gasteiger partial charge in [-0.1, -0.05) is 24.3 Å². The maximum absolute atomic E-state index is 12.4. The Kier molecular flexibility index (Phi) is 5.14. The van der Waals surface area contributed by atoms with Crippen LogP contribution in [0.3, 0.4) is 0 Å². The molecule has 2 heterocycles. The number of rotatable bonds is 5. The molecule has 1 aromatic heterocycles. The average Bonchev–Trinajstić information content (AvgIpc) is 3.10. The number of carbonyl (C=O) groups is 2. The van der Waals surface area contributed by atoms with Crippen LogP contribution in [-0.4, -0.2) is 29.9 Å². The van der Waals surface area contributed by atoms with Crippen molar-refractivity contribution in [2.45, 2.75) is 6.92 Å². The van der Waals surface area contributed by atoms with Crippen LogP contribution < -0.4 is 15.0 Å². The number of aromatic nitrogens is 1. The highest BCUT2D eigenvalue weighted by molar-refractivity contribution is 7.16. The van der Waals surface area contributed by atoms with Crippen LogP contribution >= 0.6 is 11.3 Å². The van der Waals surface area contributed by atoms with Crippen LogP contribution in [0.25, 0.3) is 11.3 Å². The molecule has 0 spiro atoms. The molecule has 0 radical (unpaired) electrons. The number of benzene rings is 2. The Labute approximate surface area is 172 Å². The summed E-state index contributed by atoms with van der Waals surface area (Å²) in [7, 11) is 0. The number of thiazole rings is 1. The van der Waals surface area contributed by atoms with Crippen LogP contribution in [0.2, 0.25) is 0 Å². The highest BCUT2D eigenvalue weighted by Gasteiger charge is 2.25. The first kappa shape index (κ1) is 18.9. The van der Waals surface area contributed by atoms with Gasteiger partial charge in [0.05, 0.1) is 11.4 Å². The summed E-state index contributed by atoms with van der Waals surface area (Å²) in [5.74, 6) is 0.341. The monoisotopic (exact) mass is 405 g/mol. The Morgan fingerprint density at radius 3 is 2.86 bits per heavy atom. The molecule has 0 atom stereocenters. The quantitative estimate of drug-likeness (QED) is 0.643. The summed E-state index contributed by atoms with van der Waals surface area (Å²) < 4.78 is 5.54. The van der Waals surface area contributed by atoms with Gasteiger partial charge in [-0.15, -0.1) is 17.9 Å². The van der Waals surface area contributed by atoms with E-state index in [-0.39, 0.29) is 18.4 Å². The molecule has 0 bridgehead atoms. The van der Waals surface area contributed by atoms with Gasteiger partial charge in [-0.05, 0) is 37.3 Å². The van der Waals surface area contributed by atoms with Crippen molar-refractivity contribution in [2.75, 3.05) is 23.4 Å². The van der Waals surface area contributed by atoms with E-state index in [0.29, 0.717) is 28.7 Å². The number of ether oxygens (including phenoxy) is 1. The van der Waals surface area contributed by atoms with Crippen LogP contribution in [0.1, 0.15) is 15.2 Å². The summed E-state index contributed by atoms with van der Waals surface area (Å²) in [6, 6.07) is 14.7. The molecule has 4 rings (SSSR count). The molecule has 29 heavy (non-hydrogen) atoms. The van der Waals surface area contributed by atoms with Gasteiger partial charge in [0.25, 0.3) is 11.8 Å². The van der Waals surface area contributed by atoms with Crippen LogP contribution in [0.4, 0.5) is 10.8 Å². The largest absolute Gasteiger partial charge is 0.482 e. The number of carbonyl (C=O) groups excluding carboxylic acids is 2. The van der Waals surface area contributed by atoms with E-state index in [1.807, 2.05) is 43.3 Å². The normalized spacial score (nSPS) is 12.9. The first-order chi connectivity index (χ1) is 14.1. The highest BCUT2D eigenvalue weighted by Crippen LogP contribution is 2.38. The standard InChI is InChI=1S/C22H19N3O3S/c1-3-11-25-17-12-16(9-10-18(17)28-13-19(25)26)20-14(2)29-22(23-20)24-21(27)15-7-5-4-6-8-15/h3-10,12H,1,11,13H2,2H3,(H,23,24,27). The van der Waals surface area contributed by atoms with E-state index in [1.165, 1.54) is 11.3 Å². The molecule has 1 N–H and O–H groups in total. The number of amides is 2. The van der Waals surface area contributed by atoms with E-state index >= 15 is 0 Å². The molecule has 0 fully saturated rings. The maximum atomic E-state index is 12.4. The third-order valence-corrected chi connectivity index (χ3v) is 5.43. The van der Waals surface area contributed by atoms with Gasteiger partial charge >= 0.3 is 0 Å². The Morgan fingerprint density at radius 1 is 1.31 bits per heavy atom. The molecule has 7 heteroatoms. The third-order valence-electron chi connectivity index (χ3n) is 4.54. The van der Waals surface area contributed by atoms with E-state index in [1.54, 1.807) is 23.1 Å². The first-order valence-electron chi connectivity index (χ1n) is 9.09. The number of hydrogen-bond acceptors (Lipinski definition) is 5. The lowest BCUT2D eigenvalue weighted by molar-refractivity contribution is -0.121. The van der Waals surface area contributed by atoms with Crippen molar-refractivity contribution in [1.29, 1.82) is 0 Å². The highest BCUT2D eigenvalue weighted by atomic mass is 32.1. The van der Waals surface area contributed by atoms with E-state index in [0.717, 1.165) is 16.1 Å². The fourth-order valence-corrected chi connectivity index (χ4v) is 3.99. The van der Waals surface area contributed by atoms with E-state index < -0.39 is 0 Å². The second-order valence-electron chi connectivity index (χ2n) is 6.51. The molecule has 1 aliphatic heterocycles. The summed E-state index contributed by atoms with van der Waals surface area (Å²) in [6.45, 7) is 6.11. The summed E-state index contributed by atoms with van der Waals surface area (Å²) in [5.41, 5.74) is 2.88. The Balaban J connectivity index is 1.63. The minimum absolute atomic E-state index is 0.0194. The molecule has 0 saturated carbocycles. The second kappa shape index (κ2) is 7.89. The molecule has 1 aliphatic rings. The SMILES string of the molecule is C=CCN1C(=O)COc2ccc(-c3nc(NC(=O)c4ccccc4)sc3C)cc21. The van der Waals surface area contributed by atoms with Crippen molar-refractivity contribution in [1.82, 2.24) is 4.98 Å². The minimum atomic E-state index is -0.201. The molecular weight excluding hydrogens is 386 g/mol. The minimum Gasteiger partial charge on any atom is -0.482 e. The fourth-order valence-electron chi connectivity index (χ4n) is 3.16. The van der Waals surface area contributed by atoms with Crippen LogP contribution in [0, 0.1) is 6.92 Å². The van der Waals surface area contributed by atoms with Gasteiger partial charge in [-0.3, -0.25) is 14.9 Å². The van der Waals surface area contributed by atoms with Gasteiger partial charge in [0.2, 0.25) is 0 Å². The van der Waals surface area contributed by atoms with Gasteiger partial charge < -0.3 is 9.64 Å². The van der Waals surface area contributed by atoms with Gasteiger partial charge in [0, 0.05) is 22.5 Å². The lowest BCUT2D eigenvalue weighted by Gasteiger charge is -2.28. The van der Waals surface area contributed by atoms with Crippen LogP contribution in [-0.2, 0) is 4.79 Å². The second-order valence-corrected chi connectivity index (χ2v) is 7.71. The molecule has 0 saturated heterocycles. The number of nitrogens with zero attached hydrogens (tertiary/aromatic N) is 2. The lowest BCUT2D eigenvalue weighted by atomic mass is 10.1. The average molecular weight is 405 g/mol. The van der Waals surface area contributed by atoms with E-state index in [4.69, 9.17) is 4.74 Å². The van der Waals surface area contributed by atoms with E-state index in [2.05, 4.69) is 16.9 Å². The van der Waals surface area contributed by atoms with E-state index in [9.17, 15) is 9.59 Å². The molecular formula is C22H19N3O3S. The van der Waals surface area contributed by atoms with Crippen molar-refractivity contribution in [3.8, 4) is 17.0 Å². The number of fused-ring (bicyclic) bond motifs is 1. The van der Waals surface area contributed by atoms with Gasteiger partial charge in [-0.2, -0.15) is 0 Å². The van der Waals surface area contributed by atoms with Crippen LogP contribution in [0.15, 0.2) is 61.2 Å². The summed E-state index contributed by atoms with van der Waals surface area (Å²) in [4.78, 5) is 31.8. The van der Waals surface area contributed by atoms with Crippen molar-refractivity contribution in [2.24, 2.45) is 0 Å². The van der Waals surface area contributed by atoms with Crippen molar-refractivity contribution < 1.29 is 14.3 Å². The lowest BCUT2D eigenvalue weighted by Crippen LogP contribution is -2.38. The number of nitrogens with one attached hydrogen (secondary N) is 1. The fraction of sp³-hybridized carbons (Fsp3) is 0.136. The molecule has 0 aliphatic carbocycles. The summed E-state index contributed by atoms with van der Waals surface area (Å²) in [6.07, 6.45) is 1.69. The predicted molar refractivity (Wildman–Crippen MR) is 115 cm³/mol. The summed E-state index contributed by atoms with van der Waals surface area (Å²) >= 11 is 1.41. The smallest absolute Gasteiger partial charge is 0.265 e. The Morgan fingerprint density at radius 2 is 2.10 bits per heavy atom. The Bertz CT molecular complexity index is 1090. The number of aryl methyl sites for hydroxylation is 1. The van der Waals surface area contributed by atoms with Crippen molar-refractivity contribution >= 4 is 34.0 Å². The third kappa shape index (κ3) is 3.77. The maximum Gasteiger partial charge on any atom is 0.265 e. The van der Waals surface area contributed by atoms with Gasteiger partial charge in [0.15, 0.2) is 11.7 Å². The van der Waals surface area contributed by atoms with Crippen LogP contribution in [0.5, 0.6) is 5.75 Å². The van der Waals surface area contributed by atoms with Crippen molar-refractivity contribution in [3.63, 3.8) is 0 Å². The molecule has 6 nitrogen and oxygen atoms in total. The zero-order chi connectivity index (χ0) is 20.4. The van der Waals surface area contributed by atoms with Gasteiger partial charge in [0.1, 0.15) is 5.75 Å². The zero-order valence-corrected chi connectivity index (χ0v) is 16.7. The number of anilines is 2. The zero-order valence-electron chi connectivity index (χ0n) is 15.8. The predicted octanol–water partition coefficient (Wildman–Crippen LogP) is 4.28. The Hall–Kier alpha value is -3.45. The molecule has 2 amide bonds. The first-order valence-corrected chi connectivity index (χ1v) is 9.91. The number of hydrogen-bond donors (Lipinski definition) is 1. The summed E-state index contributed by atoms with van der Waals surface area (Å²) in [5, 5.41) is 3.38. The topological polar surface area (TPSA) is 71.5 Å². The van der Waals surface area contributed by atoms with Gasteiger partial charge in [-0.25, -0.2) is 4.98 Å². The van der Waals surface area contributed by atoms with Crippen molar-refractivity contribution in [3.05, 3.63) is 71.6 Å². The molecule has 3 aromatic rings. The molecule has 0 unspecified atom stereocenters. The molecule has 146 valence electrons.